The highest BCUT2D eigenvalue weighted by Gasteiger charge is 2.37. The van der Waals surface area contributed by atoms with Gasteiger partial charge in [0.05, 0.1) is 24.1 Å². The molecule has 48 heavy (non-hydrogen) atoms. The number of rotatable bonds is 11. The van der Waals surface area contributed by atoms with E-state index in [1.807, 2.05) is 45.0 Å². The molecule has 1 saturated heterocycles. The first kappa shape index (κ1) is 34.8. The molecule has 4 aromatic rings. The number of ether oxygens (including phenoxy) is 2. The van der Waals surface area contributed by atoms with Gasteiger partial charge >= 0.3 is 5.97 Å². The van der Waals surface area contributed by atoms with Gasteiger partial charge in [-0.15, -0.1) is 0 Å². The average Bonchev–Trinajstić information content (AvgIpc) is 3.02. The zero-order chi connectivity index (χ0) is 34.6. The predicted molar refractivity (Wildman–Crippen MR) is 184 cm³/mol. The fraction of sp³-hybridized carbons (Fsp3) is 0.395. The molecule has 0 bridgehead atoms. The van der Waals surface area contributed by atoms with Crippen molar-refractivity contribution in [3.63, 3.8) is 0 Å². The first-order valence-corrected chi connectivity index (χ1v) is 16.3. The summed E-state index contributed by atoms with van der Waals surface area (Å²) in [5.74, 6) is -0.345. The Morgan fingerprint density at radius 1 is 1.00 bits per heavy atom. The van der Waals surface area contributed by atoms with Crippen molar-refractivity contribution in [2.24, 2.45) is 5.41 Å². The lowest BCUT2D eigenvalue weighted by Gasteiger charge is -2.41. The monoisotopic (exact) mass is 658 g/mol. The fourth-order valence-corrected chi connectivity index (χ4v) is 5.86. The quantitative estimate of drug-likeness (QED) is 0.165. The summed E-state index contributed by atoms with van der Waals surface area (Å²) in [6.45, 7) is 13.6. The zero-order valence-electron chi connectivity index (χ0n) is 28.4. The van der Waals surface area contributed by atoms with Gasteiger partial charge in [0.25, 0.3) is 0 Å². The van der Waals surface area contributed by atoms with Crippen LogP contribution in [0.2, 0.25) is 0 Å². The van der Waals surface area contributed by atoms with Crippen LogP contribution in [0.1, 0.15) is 70.4 Å². The molecule has 2 aromatic heterocycles. The van der Waals surface area contributed by atoms with Crippen molar-refractivity contribution < 1.29 is 28.2 Å². The largest absolute Gasteiger partial charge is 0.493 e. The van der Waals surface area contributed by atoms with Gasteiger partial charge < -0.3 is 24.8 Å². The van der Waals surface area contributed by atoms with Crippen LogP contribution < -0.4 is 15.0 Å². The molecule has 2 N–H and O–H groups in total. The third kappa shape index (κ3) is 8.66. The molecule has 1 aliphatic rings. The summed E-state index contributed by atoms with van der Waals surface area (Å²) in [5.41, 5.74) is 3.53. The molecule has 1 atom stereocenters. The van der Waals surface area contributed by atoms with Crippen molar-refractivity contribution in [2.45, 2.75) is 72.5 Å². The number of piperidine rings is 1. The molecule has 10 heteroatoms. The van der Waals surface area contributed by atoms with E-state index in [9.17, 15) is 18.7 Å². The summed E-state index contributed by atoms with van der Waals surface area (Å²) in [7, 11) is 0. The number of carboxylic acid groups (broad SMARTS) is 1. The lowest BCUT2D eigenvalue weighted by Crippen LogP contribution is -2.39. The van der Waals surface area contributed by atoms with Crippen molar-refractivity contribution in [3.05, 3.63) is 95.3 Å². The topological polar surface area (TPSA) is 96.8 Å². The first-order valence-electron chi connectivity index (χ1n) is 16.3. The Bertz CT molecular complexity index is 1710. The van der Waals surface area contributed by atoms with E-state index < -0.39 is 23.5 Å². The van der Waals surface area contributed by atoms with Crippen LogP contribution >= 0.6 is 0 Å². The van der Waals surface area contributed by atoms with Crippen LogP contribution in [0.25, 0.3) is 11.1 Å². The number of hydrogen-bond donors (Lipinski definition) is 2. The third-order valence-corrected chi connectivity index (χ3v) is 8.48. The molecular formula is C38H44F2N4O4. The maximum atomic E-state index is 13.8. The highest BCUT2D eigenvalue weighted by Crippen LogP contribution is 2.47. The molecule has 5 rings (SSSR count). The Balaban J connectivity index is 1.62. The number of hydrogen-bond acceptors (Lipinski definition) is 7. The number of aryl methyl sites for hydroxylation is 1. The summed E-state index contributed by atoms with van der Waals surface area (Å²) in [5, 5.41) is 13.8. The van der Waals surface area contributed by atoms with Crippen molar-refractivity contribution in [3.8, 4) is 16.9 Å². The van der Waals surface area contributed by atoms with E-state index in [1.165, 1.54) is 24.3 Å². The van der Waals surface area contributed by atoms with E-state index in [-0.39, 0.29) is 11.2 Å². The minimum Gasteiger partial charge on any atom is -0.493 e. The Hall–Kier alpha value is -4.57. The number of pyridine rings is 2. The molecule has 0 amide bonds. The van der Waals surface area contributed by atoms with Gasteiger partial charge in [-0.1, -0.05) is 38.1 Å². The van der Waals surface area contributed by atoms with Crippen molar-refractivity contribution in [1.29, 1.82) is 0 Å². The number of benzene rings is 2. The van der Waals surface area contributed by atoms with Crippen LogP contribution in [-0.2, 0) is 16.0 Å². The van der Waals surface area contributed by atoms with Gasteiger partial charge in [0.1, 0.15) is 29.0 Å². The lowest BCUT2D eigenvalue weighted by molar-refractivity contribution is -0.160. The lowest BCUT2D eigenvalue weighted by atomic mass is 9.82. The molecule has 0 spiro atoms. The molecule has 254 valence electrons. The molecule has 0 aliphatic carbocycles. The van der Waals surface area contributed by atoms with Gasteiger partial charge in [0, 0.05) is 36.3 Å². The van der Waals surface area contributed by atoms with E-state index in [0.717, 1.165) is 35.9 Å². The maximum Gasteiger partial charge on any atom is 0.337 e. The van der Waals surface area contributed by atoms with E-state index >= 15 is 0 Å². The Labute approximate surface area is 281 Å². The van der Waals surface area contributed by atoms with Crippen LogP contribution in [0.4, 0.5) is 26.1 Å². The number of nitrogens with one attached hydrogen (secondary N) is 1. The molecule has 3 heterocycles. The molecule has 1 fully saturated rings. The first-order chi connectivity index (χ1) is 22.7. The molecule has 2 aromatic carbocycles. The molecule has 8 nitrogen and oxygen atoms in total. The molecule has 0 radical (unpaired) electrons. The van der Waals surface area contributed by atoms with Gasteiger partial charge in [-0.25, -0.2) is 23.5 Å². The van der Waals surface area contributed by atoms with Gasteiger partial charge in [-0.3, -0.25) is 0 Å². The van der Waals surface area contributed by atoms with Gasteiger partial charge in [0.15, 0.2) is 6.10 Å². The second kappa shape index (κ2) is 14.3. The van der Waals surface area contributed by atoms with E-state index in [1.54, 1.807) is 19.1 Å². The fourth-order valence-electron chi connectivity index (χ4n) is 5.86. The van der Waals surface area contributed by atoms with Gasteiger partial charge in [0.2, 0.25) is 0 Å². The van der Waals surface area contributed by atoms with Gasteiger partial charge in [-0.05, 0) is 93.5 Å². The number of carbonyl (C=O) groups is 1. The molecule has 1 aliphatic heterocycles. The standard InChI is InChI=1S/C38H44F2N4O4/c1-24-31(34(36(45)46)48-37(2,3)4)33(44-20-18-38(5,6)19-21-44)32(35(42-24)43-30-16-13-28(40)23-41-30)26-9-14-29(15-10-26)47-22-17-25-7-11-27(39)12-8-25/h7-16,23,34H,17-22H2,1-6H3,(H,45,46)(H,41,42,43). The summed E-state index contributed by atoms with van der Waals surface area (Å²) in [6.07, 6.45) is 2.29. The van der Waals surface area contributed by atoms with Crippen molar-refractivity contribution in [1.82, 2.24) is 9.97 Å². The number of carboxylic acids is 1. The van der Waals surface area contributed by atoms with Crippen LogP contribution in [0.5, 0.6) is 5.75 Å². The SMILES string of the molecule is Cc1nc(Nc2ccc(F)cn2)c(-c2ccc(OCCc3ccc(F)cc3)cc2)c(N2CCC(C)(C)CC2)c1C(OC(C)(C)C)C(=O)O. The summed E-state index contributed by atoms with van der Waals surface area (Å²) in [4.78, 5) is 24.3. The van der Waals surface area contributed by atoms with Crippen LogP contribution in [0, 0.1) is 24.0 Å². The Morgan fingerprint density at radius 3 is 2.23 bits per heavy atom. The van der Waals surface area contributed by atoms with Crippen molar-refractivity contribution >= 4 is 23.3 Å². The van der Waals surface area contributed by atoms with Crippen LogP contribution in [0.15, 0.2) is 66.9 Å². The van der Waals surface area contributed by atoms with E-state index in [4.69, 9.17) is 14.5 Å². The van der Waals surface area contributed by atoms with Crippen LogP contribution in [-0.4, -0.2) is 46.3 Å². The number of aromatic nitrogens is 2. The van der Waals surface area contributed by atoms with E-state index in [2.05, 4.69) is 29.0 Å². The van der Waals surface area contributed by atoms with Gasteiger partial charge in [-0.2, -0.15) is 0 Å². The highest BCUT2D eigenvalue weighted by molar-refractivity contribution is 5.93. The predicted octanol–water partition coefficient (Wildman–Crippen LogP) is 8.66. The number of anilines is 3. The van der Waals surface area contributed by atoms with E-state index in [0.29, 0.717) is 60.3 Å². The molecular weight excluding hydrogens is 614 g/mol. The molecule has 1 unspecified atom stereocenters. The number of nitrogens with zero attached hydrogens (tertiary/aromatic N) is 3. The Kier molecular flexibility index (Phi) is 10.3. The minimum atomic E-state index is -1.28. The average molecular weight is 659 g/mol. The second-order valence-electron chi connectivity index (χ2n) is 14.0. The third-order valence-electron chi connectivity index (χ3n) is 8.48. The number of halogens is 2. The van der Waals surface area contributed by atoms with Crippen molar-refractivity contribution in [2.75, 3.05) is 29.9 Å². The molecule has 0 saturated carbocycles. The smallest absolute Gasteiger partial charge is 0.337 e. The Morgan fingerprint density at radius 2 is 1.65 bits per heavy atom. The zero-order valence-corrected chi connectivity index (χ0v) is 28.4. The number of aliphatic carboxylic acids is 1. The highest BCUT2D eigenvalue weighted by atomic mass is 19.1. The summed E-state index contributed by atoms with van der Waals surface area (Å²) >= 11 is 0. The minimum absolute atomic E-state index is 0.138. The van der Waals surface area contributed by atoms with Crippen LogP contribution in [0.3, 0.4) is 0 Å². The summed E-state index contributed by atoms with van der Waals surface area (Å²) < 4.78 is 39.3. The maximum absolute atomic E-state index is 13.8. The second-order valence-corrected chi connectivity index (χ2v) is 14.0. The normalized spacial score (nSPS) is 15.2. The summed E-state index contributed by atoms with van der Waals surface area (Å²) in [6, 6.07) is 16.8.